The number of nitrogens with zero attached hydrogens (tertiary/aromatic N) is 1. The molecule has 0 N–H and O–H groups in total. The van der Waals surface area contributed by atoms with Gasteiger partial charge in [-0.1, -0.05) is 49.2 Å². The fourth-order valence-electron chi connectivity index (χ4n) is 4.06. The topological polar surface area (TPSA) is 55.8 Å². The van der Waals surface area contributed by atoms with Gasteiger partial charge in [0.2, 0.25) is 5.91 Å². The summed E-state index contributed by atoms with van der Waals surface area (Å²) in [6.45, 7) is 2.78. The van der Waals surface area contributed by atoms with Gasteiger partial charge in [-0.05, 0) is 18.6 Å². The van der Waals surface area contributed by atoms with E-state index < -0.39 is 17.4 Å². The molecule has 2 bridgehead atoms. The molecule has 5 nitrogen and oxygen atoms in total. The summed E-state index contributed by atoms with van der Waals surface area (Å²) in [4.78, 5) is 27.3. The van der Waals surface area contributed by atoms with E-state index in [1.165, 1.54) is 0 Å². The van der Waals surface area contributed by atoms with Crippen molar-refractivity contribution >= 4 is 29.2 Å². The number of hydrogen-bond acceptors (Lipinski definition) is 4. The Hall–Kier alpha value is -1.85. The highest BCUT2D eigenvalue weighted by Gasteiger charge is 2.67. The lowest BCUT2D eigenvalue weighted by Gasteiger charge is -2.22. The summed E-state index contributed by atoms with van der Waals surface area (Å²) < 4.78 is 11.5. The Balaban J connectivity index is 1.61. The van der Waals surface area contributed by atoms with Gasteiger partial charge in [0.05, 0.1) is 35.9 Å². The van der Waals surface area contributed by atoms with E-state index in [4.69, 9.17) is 21.1 Å². The number of hydrogen-bond donors (Lipinski definition) is 0. The highest BCUT2D eigenvalue weighted by molar-refractivity contribution is 6.34. The Morgan fingerprint density at radius 2 is 2.24 bits per heavy atom. The number of rotatable bonds is 5. The number of para-hydroxylation sites is 1. The summed E-state index contributed by atoms with van der Waals surface area (Å²) in [7, 11) is 0. The molecule has 1 aromatic rings. The van der Waals surface area contributed by atoms with Crippen LogP contribution in [0.5, 0.6) is 0 Å². The third-order valence-corrected chi connectivity index (χ3v) is 5.58. The summed E-state index contributed by atoms with van der Waals surface area (Å²) in [6, 6.07) is 7.22. The number of unbranched alkanes of at least 4 members (excludes halogenated alkanes) is 1. The number of ether oxygens (including phenoxy) is 2. The van der Waals surface area contributed by atoms with Crippen LogP contribution in [0, 0.1) is 11.8 Å². The molecule has 6 heteroatoms. The first-order valence-electron chi connectivity index (χ1n) is 8.67. The van der Waals surface area contributed by atoms with E-state index >= 15 is 0 Å². The smallest absolute Gasteiger partial charge is 0.312 e. The summed E-state index contributed by atoms with van der Waals surface area (Å²) in [6.07, 6.45) is 5.19. The van der Waals surface area contributed by atoms with Crippen LogP contribution in [-0.4, -0.2) is 36.7 Å². The molecule has 4 rings (SSSR count). The first-order chi connectivity index (χ1) is 12.1. The number of anilines is 1. The van der Waals surface area contributed by atoms with Crippen molar-refractivity contribution in [2.45, 2.75) is 31.5 Å². The lowest BCUT2D eigenvalue weighted by Crippen LogP contribution is -2.40. The van der Waals surface area contributed by atoms with Crippen molar-refractivity contribution in [1.29, 1.82) is 0 Å². The van der Waals surface area contributed by atoms with Crippen molar-refractivity contribution in [1.82, 2.24) is 0 Å². The van der Waals surface area contributed by atoms with Gasteiger partial charge in [-0.25, -0.2) is 0 Å². The number of esters is 1. The van der Waals surface area contributed by atoms with Crippen molar-refractivity contribution in [3.63, 3.8) is 0 Å². The van der Waals surface area contributed by atoms with Crippen LogP contribution >= 0.6 is 11.6 Å². The Morgan fingerprint density at radius 1 is 1.44 bits per heavy atom. The Labute approximate surface area is 151 Å². The average Bonchev–Trinajstić information content (AvgIpc) is 3.24. The van der Waals surface area contributed by atoms with Crippen LogP contribution in [0.4, 0.5) is 5.69 Å². The lowest BCUT2D eigenvalue weighted by atomic mass is 9.77. The second kappa shape index (κ2) is 6.15. The molecule has 0 aromatic heterocycles. The number of halogens is 1. The Bertz CT molecular complexity index is 749. The number of carbonyl (C=O) groups excluding carboxylic acids is 2. The molecule has 2 fully saturated rings. The number of fused-ring (bicyclic) bond motifs is 1. The maximum absolute atomic E-state index is 13.1. The third kappa shape index (κ3) is 2.49. The van der Waals surface area contributed by atoms with Gasteiger partial charge in [0.1, 0.15) is 11.5 Å². The molecule has 0 aliphatic carbocycles. The van der Waals surface area contributed by atoms with Crippen LogP contribution in [0.2, 0.25) is 5.02 Å². The molecule has 0 saturated carbocycles. The minimum absolute atomic E-state index is 0.127. The zero-order valence-corrected chi connectivity index (χ0v) is 14.7. The van der Waals surface area contributed by atoms with Crippen LogP contribution in [0.3, 0.4) is 0 Å². The molecule has 3 heterocycles. The van der Waals surface area contributed by atoms with Crippen molar-refractivity contribution in [3.8, 4) is 0 Å². The average molecular weight is 362 g/mol. The van der Waals surface area contributed by atoms with Gasteiger partial charge in [-0.2, -0.15) is 0 Å². The molecular weight excluding hydrogens is 342 g/mol. The second-order valence-electron chi connectivity index (χ2n) is 6.80. The van der Waals surface area contributed by atoms with E-state index in [0.29, 0.717) is 23.9 Å². The van der Waals surface area contributed by atoms with Crippen molar-refractivity contribution in [2.24, 2.45) is 11.8 Å². The standard InChI is InChI=1S/C19H20ClNO4/c1-2-3-10-24-18(23)15-14-8-9-19(25-14)11-21(17(22)16(15)19)13-7-5-4-6-12(13)20/h4-9,14-16H,2-3,10-11H2,1H3/t14-,15-,16-,19+/m0/s1. The molecule has 1 aromatic carbocycles. The molecule has 4 atom stereocenters. The van der Waals surface area contributed by atoms with E-state index in [1.54, 1.807) is 11.0 Å². The highest BCUT2D eigenvalue weighted by atomic mass is 35.5. The van der Waals surface area contributed by atoms with Crippen LogP contribution in [0.15, 0.2) is 36.4 Å². The minimum Gasteiger partial charge on any atom is -0.465 e. The monoisotopic (exact) mass is 361 g/mol. The minimum atomic E-state index is -0.755. The van der Waals surface area contributed by atoms with Crippen molar-refractivity contribution in [3.05, 3.63) is 41.4 Å². The SMILES string of the molecule is CCCCOC(=O)[C@H]1[C@@H]2C=C[C@]3(CN(c4ccccc4Cl)C(=O)[C@H]13)O2. The number of amides is 1. The Morgan fingerprint density at radius 3 is 3.00 bits per heavy atom. The first-order valence-corrected chi connectivity index (χ1v) is 9.05. The van der Waals surface area contributed by atoms with E-state index in [9.17, 15) is 9.59 Å². The molecular formula is C19H20ClNO4. The molecule has 0 radical (unpaired) electrons. The maximum atomic E-state index is 13.1. The maximum Gasteiger partial charge on any atom is 0.312 e. The van der Waals surface area contributed by atoms with Crippen molar-refractivity contribution < 1.29 is 19.1 Å². The predicted molar refractivity (Wildman–Crippen MR) is 93.4 cm³/mol. The zero-order chi connectivity index (χ0) is 17.6. The number of carbonyl (C=O) groups is 2. The van der Waals surface area contributed by atoms with Crippen molar-refractivity contribution in [2.75, 3.05) is 18.1 Å². The predicted octanol–water partition coefficient (Wildman–Crippen LogP) is 2.97. The van der Waals surface area contributed by atoms with Gasteiger partial charge >= 0.3 is 5.97 Å². The van der Waals surface area contributed by atoms with Gasteiger partial charge < -0.3 is 14.4 Å². The lowest BCUT2D eigenvalue weighted by molar-refractivity contribution is -0.152. The fraction of sp³-hybridized carbons (Fsp3) is 0.474. The quantitative estimate of drug-likeness (QED) is 0.459. The van der Waals surface area contributed by atoms with Gasteiger partial charge in [0, 0.05) is 0 Å². The van der Waals surface area contributed by atoms with E-state index in [-0.39, 0.29) is 18.0 Å². The number of benzene rings is 1. The van der Waals surface area contributed by atoms with E-state index in [1.807, 2.05) is 37.3 Å². The summed E-state index contributed by atoms with van der Waals surface area (Å²) in [5.74, 6) is -1.60. The summed E-state index contributed by atoms with van der Waals surface area (Å²) >= 11 is 6.26. The molecule has 132 valence electrons. The molecule has 3 aliphatic rings. The molecule has 3 aliphatic heterocycles. The summed E-state index contributed by atoms with van der Waals surface area (Å²) in [5.41, 5.74) is -0.105. The molecule has 2 saturated heterocycles. The van der Waals surface area contributed by atoms with Gasteiger partial charge in [-0.3, -0.25) is 9.59 Å². The van der Waals surface area contributed by atoms with Gasteiger partial charge in [-0.15, -0.1) is 0 Å². The van der Waals surface area contributed by atoms with E-state index in [2.05, 4.69) is 0 Å². The van der Waals surface area contributed by atoms with Crippen LogP contribution in [0.25, 0.3) is 0 Å². The van der Waals surface area contributed by atoms with Crippen LogP contribution in [-0.2, 0) is 19.1 Å². The highest BCUT2D eigenvalue weighted by Crippen LogP contribution is 2.53. The molecule has 25 heavy (non-hydrogen) atoms. The zero-order valence-electron chi connectivity index (χ0n) is 14.0. The summed E-state index contributed by atoms with van der Waals surface area (Å²) in [5, 5.41) is 0.507. The van der Waals surface area contributed by atoms with Gasteiger partial charge in [0.15, 0.2) is 0 Å². The first kappa shape index (κ1) is 16.6. The largest absolute Gasteiger partial charge is 0.465 e. The van der Waals surface area contributed by atoms with E-state index in [0.717, 1.165) is 12.8 Å². The van der Waals surface area contributed by atoms with Crippen LogP contribution in [0.1, 0.15) is 19.8 Å². The van der Waals surface area contributed by atoms with Crippen LogP contribution < -0.4 is 4.90 Å². The molecule has 0 unspecified atom stereocenters. The molecule has 1 amide bonds. The van der Waals surface area contributed by atoms with Gasteiger partial charge in [0.25, 0.3) is 0 Å². The third-order valence-electron chi connectivity index (χ3n) is 5.26. The molecule has 1 spiro atoms. The fourth-order valence-corrected chi connectivity index (χ4v) is 4.29. The Kier molecular flexibility index (Phi) is 4.08. The normalized spacial score (nSPS) is 32.3. The second-order valence-corrected chi connectivity index (χ2v) is 7.20.